The number of methoxy groups -OCH3 is 1. The average molecular weight is 425 g/mol. The van der Waals surface area contributed by atoms with Gasteiger partial charge in [-0.05, 0) is 62.2 Å². The van der Waals surface area contributed by atoms with Crippen molar-refractivity contribution in [2.24, 2.45) is 0 Å². The van der Waals surface area contributed by atoms with Gasteiger partial charge in [0.2, 0.25) is 11.8 Å². The van der Waals surface area contributed by atoms with Gasteiger partial charge in [0.05, 0.1) is 25.9 Å². The summed E-state index contributed by atoms with van der Waals surface area (Å²) in [6, 6.07) is 15.2. The summed E-state index contributed by atoms with van der Waals surface area (Å²) in [7, 11) is 1.57. The van der Waals surface area contributed by atoms with Crippen molar-refractivity contribution >= 4 is 28.9 Å². The van der Waals surface area contributed by atoms with E-state index in [1.54, 1.807) is 19.2 Å². The van der Waals surface area contributed by atoms with Crippen LogP contribution < -0.4 is 20.3 Å². The molecule has 3 rings (SSSR count). The lowest BCUT2D eigenvalue weighted by atomic mass is 10.2. The summed E-state index contributed by atoms with van der Waals surface area (Å²) in [5, 5.41) is 5.80. The summed E-state index contributed by atoms with van der Waals surface area (Å²) in [6.45, 7) is 5.15. The molecule has 0 bridgehead atoms. The number of nitrogens with one attached hydrogen (secondary N) is 2. The van der Waals surface area contributed by atoms with Gasteiger partial charge < -0.3 is 20.3 Å². The van der Waals surface area contributed by atoms with Gasteiger partial charge in [0, 0.05) is 24.5 Å². The molecule has 1 aliphatic heterocycles. The van der Waals surface area contributed by atoms with E-state index in [0.29, 0.717) is 18.0 Å². The van der Waals surface area contributed by atoms with Gasteiger partial charge in [-0.25, -0.2) is 0 Å². The van der Waals surface area contributed by atoms with Gasteiger partial charge >= 0.3 is 0 Å². The maximum Gasteiger partial charge on any atom is 0.238 e. The monoisotopic (exact) mass is 424 g/mol. The smallest absolute Gasteiger partial charge is 0.238 e. The fourth-order valence-electron chi connectivity index (χ4n) is 3.81. The minimum Gasteiger partial charge on any atom is -0.495 e. The number of carbonyl (C=O) groups excluding carboxylic acids is 2. The number of anilines is 3. The zero-order valence-corrected chi connectivity index (χ0v) is 18.4. The molecule has 0 unspecified atom stereocenters. The van der Waals surface area contributed by atoms with Gasteiger partial charge in [0.15, 0.2) is 0 Å². The van der Waals surface area contributed by atoms with Crippen molar-refractivity contribution in [3.05, 3.63) is 48.5 Å². The second-order valence-electron chi connectivity index (χ2n) is 7.75. The Morgan fingerprint density at radius 2 is 1.61 bits per heavy atom. The van der Waals surface area contributed by atoms with Crippen molar-refractivity contribution in [2.45, 2.75) is 26.2 Å². The van der Waals surface area contributed by atoms with Crippen LogP contribution in [0.4, 0.5) is 17.1 Å². The van der Waals surface area contributed by atoms with Crippen molar-refractivity contribution in [3.8, 4) is 5.75 Å². The lowest BCUT2D eigenvalue weighted by Gasteiger charge is -2.21. The van der Waals surface area contributed by atoms with Crippen LogP contribution in [-0.4, -0.2) is 56.5 Å². The van der Waals surface area contributed by atoms with Crippen LogP contribution in [0, 0.1) is 0 Å². The molecule has 1 heterocycles. The highest BCUT2D eigenvalue weighted by atomic mass is 16.5. The number of hydrogen-bond donors (Lipinski definition) is 2. The Hall–Kier alpha value is -3.06. The van der Waals surface area contributed by atoms with E-state index in [2.05, 4.69) is 15.5 Å². The number of rotatable bonds is 10. The molecule has 2 amide bonds. The van der Waals surface area contributed by atoms with Crippen LogP contribution in [0.3, 0.4) is 0 Å². The molecule has 2 N–H and O–H groups in total. The molecule has 0 atom stereocenters. The van der Waals surface area contributed by atoms with Crippen molar-refractivity contribution in [1.82, 2.24) is 4.90 Å². The summed E-state index contributed by atoms with van der Waals surface area (Å²) in [5.41, 5.74) is 2.58. The first kappa shape index (κ1) is 22.6. The second kappa shape index (κ2) is 11.4. The molecule has 0 saturated carbocycles. The Bertz CT molecular complexity index is 863. The predicted octanol–water partition coefficient (Wildman–Crippen LogP) is 3.58. The minimum atomic E-state index is -0.180. The quantitative estimate of drug-likeness (QED) is 0.610. The molecule has 0 spiro atoms. The normalized spacial score (nSPS) is 13.3. The van der Waals surface area contributed by atoms with Crippen LogP contribution in [0.5, 0.6) is 5.75 Å². The predicted molar refractivity (Wildman–Crippen MR) is 125 cm³/mol. The lowest BCUT2D eigenvalue weighted by Crippen LogP contribution is -2.39. The SMILES string of the molecule is CCCN(CC(=O)Nc1ccc(N2CCCC2)cc1)CC(=O)Nc1ccccc1OC. The van der Waals surface area contributed by atoms with Gasteiger partial charge in [-0.15, -0.1) is 0 Å². The number of amides is 2. The first-order valence-corrected chi connectivity index (χ1v) is 10.9. The van der Waals surface area contributed by atoms with Gasteiger partial charge in [-0.1, -0.05) is 19.1 Å². The number of benzene rings is 2. The van der Waals surface area contributed by atoms with Gasteiger partial charge in [0.1, 0.15) is 5.75 Å². The Morgan fingerprint density at radius 1 is 0.968 bits per heavy atom. The summed E-state index contributed by atoms with van der Waals surface area (Å²) in [4.78, 5) is 29.3. The second-order valence-corrected chi connectivity index (χ2v) is 7.75. The maximum absolute atomic E-state index is 12.6. The van der Waals surface area contributed by atoms with Crippen molar-refractivity contribution in [3.63, 3.8) is 0 Å². The third kappa shape index (κ3) is 6.72. The Balaban J connectivity index is 1.52. The van der Waals surface area contributed by atoms with E-state index >= 15 is 0 Å². The van der Waals surface area contributed by atoms with Crippen LogP contribution in [0.2, 0.25) is 0 Å². The molecule has 2 aromatic carbocycles. The first-order valence-electron chi connectivity index (χ1n) is 10.9. The Labute approximate surface area is 184 Å². The Kier molecular flexibility index (Phi) is 8.29. The van der Waals surface area contributed by atoms with E-state index in [-0.39, 0.29) is 24.9 Å². The van der Waals surface area contributed by atoms with Crippen molar-refractivity contribution in [2.75, 3.05) is 55.4 Å². The third-order valence-electron chi connectivity index (χ3n) is 5.28. The van der Waals surface area contributed by atoms with Crippen LogP contribution in [0.25, 0.3) is 0 Å². The van der Waals surface area contributed by atoms with Crippen LogP contribution in [0.1, 0.15) is 26.2 Å². The summed E-state index contributed by atoms with van der Waals surface area (Å²) in [6.07, 6.45) is 3.31. The zero-order chi connectivity index (χ0) is 22.1. The lowest BCUT2D eigenvalue weighted by molar-refractivity contribution is -0.120. The topological polar surface area (TPSA) is 73.9 Å². The number of carbonyl (C=O) groups is 2. The molecule has 2 aromatic rings. The van der Waals surface area contributed by atoms with E-state index in [0.717, 1.165) is 25.2 Å². The third-order valence-corrected chi connectivity index (χ3v) is 5.28. The van der Waals surface area contributed by atoms with Crippen LogP contribution >= 0.6 is 0 Å². The van der Waals surface area contributed by atoms with E-state index in [4.69, 9.17) is 4.74 Å². The first-order chi connectivity index (χ1) is 15.1. The Morgan fingerprint density at radius 3 is 2.26 bits per heavy atom. The highest BCUT2D eigenvalue weighted by molar-refractivity contribution is 5.95. The molecule has 7 heteroatoms. The van der Waals surface area contributed by atoms with Crippen LogP contribution in [0.15, 0.2) is 48.5 Å². The molecule has 1 saturated heterocycles. The number of nitrogens with zero attached hydrogens (tertiary/aromatic N) is 2. The average Bonchev–Trinajstić information content (AvgIpc) is 3.29. The molecular formula is C24H32N4O3. The highest BCUT2D eigenvalue weighted by Crippen LogP contribution is 2.23. The fraction of sp³-hybridized carbons (Fsp3) is 0.417. The molecule has 0 aromatic heterocycles. The summed E-state index contributed by atoms with van der Waals surface area (Å²) < 4.78 is 5.28. The van der Waals surface area contributed by atoms with Crippen molar-refractivity contribution in [1.29, 1.82) is 0 Å². The van der Waals surface area contributed by atoms with Gasteiger partial charge in [0.25, 0.3) is 0 Å². The summed E-state index contributed by atoms with van der Waals surface area (Å²) >= 11 is 0. The number of ether oxygens (including phenoxy) is 1. The maximum atomic E-state index is 12.6. The van der Waals surface area contributed by atoms with Gasteiger partial charge in [-0.2, -0.15) is 0 Å². The number of para-hydroxylation sites is 2. The van der Waals surface area contributed by atoms with Gasteiger partial charge in [-0.3, -0.25) is 14.5 Å². The fourth-order valence-corrected chi connectivity index (χ4v) is 3.81. The van der Waals surface area contributed by atoms with E-state index in [9.17, 15) is 9.59 Å². The zero-order valence-electron chi connectivity index (χ0n) is 18.4. The van der Waals surface area contributed by atoms with E-state index in [1.807, 2.05) is 48.2 Å². The molecule has 1 aliphatic rings. The van der Waals surface area contributed by atoms with E-state index < -0.39 is 0 Å². The molecule has 7 nitrogen and oxygen atoms in total. The summed E-state index contributed by atoms with van der Waals surface area (Å²) in [5.74, 6) is 0.293. The molecule has 166 valence electrons. The van der Waals surface area contributed by atoms with Crippen molar-refractivity contribution < 1.29 is 14.3 Å². The minimum absolute atomic E-state index is 0.132. The molecule has 0 aliphatic carbocycles. The highest BCUT2D eigenvalue weighted by Gasteiger charge is 2.16. The largest absolute Gasteiger partial charge is 0.495 e. The van der Waals surface area contributed by atoms with Crippen LogP contribution in [-0.2, 0) is 9.59 Å². The number of hydrogen-bond acceptors (Lipinski definition) is 5. The molecular weight excluding hydrogens is 392 g/mol. The standard InChI is InChI=1S/C24H32N4O3/c1-3-14-27(18-24(30)26-21-8-4-5-9-22(21)31-2)17-23(29)25-19-10-12-20(13-11-19)28-15-6-7-16-28/h4-5,8-13H,3,6-7,14-18H2,1-2H3,(H,25,29)(H,26,30). The van der Waals surface area contributed by atoms with E-state index in [1.165, 1.54) is 18.5 Å². The molecule has 1 fully saturated rings. The molecule has 31 heavy (non-hydrogen) atoms. The molecule has 0 radical (unpaired) electrons.